The molecule has 0 aromatic heterocycles. The lowest BCUT2D eigenvalue weighted by Gasteiger charge is -2.10. The largest absolute Gasteiger partial charge is 0.389 e. The summed E-state index contributed by atoms with van der Waals surface area (Å²) in [7, 11) is -3.72. The Balaban J connectivity index is 2.36. The Morgan fingerprint density at radius 1 is 1.24 bits per heavy atom. The predicted octanol–water partition coefficient (Wildman–Crippen LogP) is 3.08. The van der Waals surface area contributed by atoms with Crippen LogP contribution in [-0.4, -0.2) is 13.4 Å². The molecule has 7 heteroatoms. The molecule has 21 heavy (non-hydrogen) atoms. The molecule has 2 aromatic rings. The lowest BCUT2D eigenvalue weighted by Crippen LogP contribution is -2.15. The van der Waals surface area contributed by atoms with Crippen LogP contribution in [0.5, 0.6) is 0 Å². The van der Waals surface area contributed by atoms with Crippen LogP contribution < -0.4 is 10.5 Å². The van der Waals surface area contributed by atoms with Gasteiger partial charge in [0.25, 0.3) is 10.0 Å². The molecule has 0 unspecified atom stereocenters. The number of thiocarbonyl (C=S) groups is 1. The average molecular weight is 341 g/mol. The number of hydrogen-bond donors (Lipinski definition) is 2. The van der Waals surface area contributed by atoms with Crippen LogP contribution in [0.4, 0.5) is 5.69 Å². The highest BCUT2D eigenvalue weighted by atomic mass is 35.5. The minimum atomic E-state index is -3.72. The molecular weight excluding hydrogens is 328 g/mol. The van der Waals surface area contributed by atoms with Crippen molar-refractivity contribution in [1.82, 2.24) is 0 Å². The van der Waals surface area contributed by atoms with Crippen molar-refractivity contribution < 1.29 is 8.42 Å². The van der Waals surface area contributed by atoms with Crippen molar-refractivity contribution >= 4 is 44.5 Å². The summed E-state index contributed by atoms with van der Waals surface area (Å²) in [6, 6.07) is 11.1. The van der Waals surface area contributed by atoms with Crippen molar-refractivity contribution in [1.29, 1.82) is 0 Å². The van der Waals surface area contributed by atoms with E-state index in [1.54, 1.807) is 30.3 Å². The molecule has 110 valence electrons. The molecule has 0 amide bonds. The third-order valence-corrected chi connectivity index (χ3v) is 4.87. The highest BCUT2D eigenvalue weighted by Crippen LogP contribution is 2.23. The number of hydrogen-bond acceptors (Lipinski definition) is 3. The molecule has 0 atom stereocenters. The zero-order chi connectivity index (χ0) is 15.6. The van der Waals surface area contributed by atoms with E-state index in [0.717, 1.165) is 5.56 Å². The average Bonchev–Trinajstić information content (AvgIpc) is 2.43. The van der Waals surface area contributed by atoms with Crippen LogP contribution >= 0.6 is 23.8 Å². The molecule has 0 heterocycles. The first-order valence-electron chi connectivity index (χ1n) is 5.98. The van der Waals surface area contributed by atoms with Gasteiger partial charge in [-0.1, -0.05) is 42.0 Å². The van der Waals surface area contributed by atoms with Gasteiger partial charge in [-0.3, -0.25) is 4.72 Å². The lowest BCUT2D eigenvalue weighted by atomic mass is 10.2. The summed E-state index contributed by atoms with van der Waals surface area (Å²) in [6.45, 7) is 1.84. The third-order valence-electron chi connectivity index (χ3n) is 2.85. The fraction of sp³-hybridized carbons (Fsp3) is 0.0714. The highest BCUT2D eigenvalue weighted by molar-refractivity contribution is 7.92. The van der Waals surface area contributed by atoms with Crippen LogP contribution in [0.2, 0.25) is 5.02 Å². The van der Waals surface area contributed by atoms with E-state index in [0.29, 0.717) is 16.3 Å². The van der Waals surface area contributed by atoms with Crippen LogP contribution in [0.25, 0.3) is 0 Å². The molecule has 2 aromatic carbocycles. The summed E-state index contributed by atoms with van der Waals surface area (Å²) in [4.78, 5) is 0.231. The summed E-state index contributed by atoms with van der Waals surface area (Å²) < 4.78 is 27.1. The van der Waals surface area contributed by atoms with Crippen molar-refractivity contribution in [3.05, 3.63) is 58.6 Å². The summed E-state index contributed by atoms with van der Waals surface area (Å²) in [5, 5.41) is 0.493. The number of nitrogens with one attached hydrogen (secondary N) is 1. The van der Waals surface area contributed by atoms with Gasteiger partial charge in [0, 0.05) is 10.6 Å². The summed E-state index contributed by atoms with van der Waals surface area (Å²) >= 11 is 10.8. The van der Waals surface area contributed by atoms with Gasteiger partial charge in [-0.05, 0) is 36.8 Å². The molecule has 0 bridgehead atoms. The van der Waals surface area contributed by atoms with E-state index in [2.05, 4.69) is 4.72 Å². The van der Waals surface area contributed by atoms with Crippen molar-refractivity contribution in [2.45, 2.75) is 11.8 Å². The van der Waals surface area contributed by atoms with Gasteiger partial charge in [-0.25, -0.2) is 8.42 Å². The second-order valence-electron chi connectivity index (χ2n) is 4.46. The van der Waals surface area contributed by atoms with Crippen LogP contribution in [0, 0.1) is 6.92 Å². The Bertz CT molecular complexity index is 804. The number of rotatable bonds is 4. The van der Waals surface area contributed by atoms with Gasteiger partial charge < -0.3 is 5.73 Å². The first-order valence-corrected chi connectivity index (χ1v) is 8.25. The topological polar surface area (TPSA) is 72.2 Å². The monoisotopic (exact) mass is 340 g/mol. The van der Waals surface area contributed by atoms with Gasteiger partial charge in [-0.15, -0.1) is 0 Å². The minimum absolute atomic E-state index is 0.0875. The second kappa shape index (κ2) is 6.01. The van der Waals surface area contributed by atoms with Crippen molar-refractivity contribution in [3.8, 4) is 0 Å². The maximum Gasteiger partial charge on any atom is 0.261 e. The molecule has 4 nitrogen and oxygen atoms in total. The molecule has 0 radical (unpaired) electrons. The molecular formula is C14H13ClN2O2S2. The molecule has 0 aliphatic rings. The fourth-order valence-corrected chi connectivity index (χ4v) is 3.09. The van der Waals surface area contributed by atoms with E-state index in [9.17, 15) is 8.42 Å². The minimum Gasteiger partial charge on any atom is -0.389 e. The number of halogens is 1. The van der Waals surface area contributed by atoms with Crippen LogP contribution in [0.3, 0.4) is 0 Å². The Morgan fingerprint density at radius 2 is 1.95 bits per heavy atom. The highest BCUT2D eigenvalue weighted by Gasteiger charge is 2.15. The molecule has 2 rings (SSSR count). The molecule has 0 saturated carbocycles. The normalized spacial score (nSPS) is 11.1. The van der Waals surface area contributed by atoms with Crippen molar-refractivity contribution in [2.24, 2.45) is 5.73 Å². The molecule has 0 aliphatic heterocycles. The van der Waals surface area contributed by atoms with Crippen molar-refractivity contribution in [3.63, 3.8) is 0 Å². The van der Waals surface area contributed by atoms with Crippen LogP contribution in [0.15, 0.2) is 47.4 Å². The second-order valence-corrected chi connectivity index (χ2v) is 6.99. The van der Waals surface area contributed by atoms with Gasteiger partial charge in [0.1, 0.15) is 4.99 Å². The quantitative estimate of drug-likeness (QED) is 0.839. The summed E-state index contributed by atoms with van der Waals surface area (Å²) in [5.41, 5.74) is 7.27. The van der Waals surface area contributed by atoms with Crippen LogP contribution in [-0.2, 0) is 10.0 Å². The van der Waals surface area contributed by atoms with Gasteiger partial charge in [0.2, 0.25) is 0 Å². The van der Waals surface area contributed by atoms with E-state index >= 15 is 0 Å². The van der Waals surface area contributed by atoms with Gasteiger partial charge in [0.05, 0.1) is 10.6 Å². The molecule has 0 saturated heterocycles. The fourth-order valence-electron chi connectivity index (χ4n) is 1.69. The summed E-state index contributed by atoms with van der Waals surface area (Å²) in [5.74, 6) is 0. The van der Waals surface area contributed by atoms with E-state index in [-0.39, 0.29) is 9.88 Å². The first-order chi connectivity index (χ1) is 9.79. The number of nitrogens with two attached hydrogens (primary N) is 1. The maximum atomic E-state index is 12.3. The van der Waals surface area contributed by atoms with Crippen LogP contribution in [0.1, 0.15) is 11.1 Å². The number of benzene rings is 2. The summed E-state index contributed by atoms with van der Waals surface area (Å²) in [6.07, 6.45) is 0. The maximum absolute atomic E-state index is 12.3. The standard InChI is InChI=1S/C14H13ClN2O2S2/c1-9-5-6-11(8-13(9)15)17-21(18,19)12-4-2-3-10(7-12)14(16)20/h2-8,17H,1H3,(H2,16,20). The van der Waals surface area contributed by atoms with E-state index in [1.807, 2.05) is 6.92 Å². The first kappa shape index (κ1) is 15.8. The van der Waals surface area contributed by atoms with E-state index in [1.165, 1.54) is 12.1 Å². The zero-order valence-electron chi connectivity index (χ0n) is 11.1. The molecule has 3 N–H and O–H groups in total. The van der Waals surface area contributed by atoms with Gasteiger partial charge >= 0.3 is 0 Å². The predicted molar refractivity (Wildman–Crippen MR) is 89.3 cm³/mol. The van der Waals surface area contributed by atoms with Crippen molar-refractivity contribution in [2.75, 3.05) is 4.72 Å². The molecule has 0 fully saturated rings. The molecule has 0 aliphatic carbocycles. The number of sulfonamides is 1. The number of anilines is 1. The van der Waals surface area contributed by atoms with E-state index in [4.69, 9.17) is 29.6 Å². The Labute approximate surface area is 134 Å². The Morgan fingerprint density at radius 3 is 2.57 bits per heavy atom. The Kier molecular flexibility index (Phi) is 4.51. The number of aryl methyl sites for hydroxylation is 1. The smallest absolute Gasteiger partial charge is 0.261 e. The molecule has 0 spiro atoms. The third kappa shape index (κ3) is 3.72. The van der Waals surface area contributed by atoms with E-state index < -0.39 is 10.0 Å². The van der Waals surface area contributed by atoms with Gasteiger partial charge in [-0.2, -0.15) is 0 Å². The zero-order valence-corrected chi connectivity index (χ0v) is 13.5. The van der Waals surface area contributed by atoms with Gasteiger partial charge in [0.15, 0.2) is 0 Å². The lowest BCUT2D eigenvalue weighted by molar-refractivity contribution is 0.601. The Hall–Kier alpha value is -1.63. The SMILES string of the molecule is Cc1ccc(NS(=O)(=O)c2cccc(C(N)=S)c2)cc1Cl.